The molecule has 134 valence electrons. The molecule has 24 heavy (non-hydrogen) atoms. The summed E-state index contributed by atoms with van der Waals surface area (Å²) >= 11 is 0. The molecule has 0 nitrogen and oxygen atoms in total. The first kappa shape index (κ1) is 20.7. The molecule has 0 bridgehead atoms. The van der Waals surface area contributed by atoms with Crippen LogP contribution < -0.4 is 0 Å². The number of allylic oxidation sites excluding steroid dienone is 10. The largest absolute Gasteiger partial charge is 0.207 e. The number of rotatable bonds is 6. The molecular formula is C23H35F. The Labute approximate surface area is 148 Å². The van der Waals surface area contributed by atoms with Gasteiger partial charge in [0.1, 0.15) is 5.83 Å². The molecule has 0 amide bonds. The lowest BCUT2D eigenvalue weighted by Crippen LogP contribution is -2.34. The van der Waals surface area contributed by atoms with Crippen molar-refractivity contribution in [3.8, 4) is 0 Å². The van der Waals surface area contributed by atoms with Gasteiger partial charge in [0.25, 0.3) is 0 Å². The molecule has 0 aromatic rings. The van der Waals surface area contributed by atoms with Gasteiger partial charge in [-0.1, -0.05) is 70.6 Å². The molecule has 1 heteroatoms. The SMILES string of the molecule is CC=CC(C)(C(C)C)C1CC(C)=CC(F)=C1/C(C)=C/C=C\C(C)C. The molecule has 0 saturated heterocycles. The van der Waals surface area contributed by atoms with E-state index in [-0.39, 0.29) is 17.2 Å². The summed E-state index contributed by atoms with van der Waals surface area (Å²) < 4.78 is 14.9. The molecule has 0 spiro atoms. The quantitative estimate of drug-likeness (QED) is 0.348. The van der Waals surface area contributed by atoms with Crippen LogP contribution in [0.4, 0.5) is 4.39 Å². The van der Waals surface area contributed by atoms with E-state index in [1.165, 1.54) is 0 Å². The fraction of sp³-hybridized carbons (Fsp3) is 0.565. The molecule has 0 aliphatic heterocycles. The maximum Gasteiger partial charge on any atom is 0.126 e. The van der Waals surface area contributed by atoms with E-state index in [9.17, 15) is 4.39 Å². The summed E-state index contributed by atoms with van der Waals surface area (Å²) in [4.78, 5) is 0. The molecule has 0 heterocycles. The molecule has 0 saturated carbocycles. The van der Waals surface area contributed by atoms with Crippen LogP contribution in [-0.4, -0.2) is 0 Å². The zero-order valence-corrected chi connectivity index (χ0v) is 16.8. The maximum atomic E-state index is 14.9. The summed E-state index contributed by atoms with van der Waals surface area (Å²) in [6.45, 7) is 17.2. The molecule has 0 N–H and O–H groups in total. The average Bonchev–Trinajstić information content (AvgIpc) is 2.45. The second kappa shape index (κ2) is 8.65. The normalized spacial score (nSPS) is 22.9. The fourth-order valence-corrected chi connectivity index (χ4v) is 3.52. The highest BCUT2D eigenvalue weighted by atomic mass is 19.1. The highest BCUT2D eigenvalue weighted by Crippen LogP contribution is 2.49. The Morgan fingerprint density at radius 3 is 2.42 bits per heavy atom. The van der Waals surface area contributed by atoms with E-state index in [0.29, 0.717) is 11.8 Å². The first-order chi connectivity index (χ1) is 11.1. The maximum absolute atomic E-state index is 14.9. The van der Waals surface area contributed by atoms with Gasteiger partial charge in [0, 0.05) is 0 Å². The molecule has 2 unspecified atom stereocenters. The van der Waals surface area contributed by atoms with Crippen molar-refractivity contribution in [1.82, 2.24) is 0 Å². The van der Waals surface area contributed by atoms with E-state index in [1.54, 1.807) is 6.08 Å². The Morgan fingerprint density at radius 1 is 1.29 bits per heavy atom. The van der Waals surface area contributed by atoms with Gasteiger partial charge in [-0.15, -0.1) is 0 Å². The predicted molar refractivity (Wildman–Crippen MR) is 105 cm³/mol. The third-order valence-electron chi connectivity index (χ3n) is 5.29. The van der Waals surface area contributed by atoms with E-state index in [0.717, 1.165) is 23.1 Å². The first-order valence-electron chi connectivity index (χ1n) is 9.19. The van der Waals surface area contributed by atoms with Gasteiger partial charge in [-0.25, -0.2) is 4.39 Å². The summed E-state index contributed by atoms with van der Waals surface area (Å²) in [5.41, 5.74) is 2.98. The molecule has 0 radical (unpaired) electrons. The van der Waals surface area contributed by atoms with Crippen LogP contribution in [0.2, 0.25) is 0 Å². The van der Waals surface area contributed by atoms with E-state index in [1.807, 2.05) is 13.8 Å². The third kappa shape index (κ3) is 4.82. The van der Waals surface area contributed by atoms with Crippen LogP contribution in [0.25, 0.3) is 0 Å². The van der Waals surface area contributed by atoms with Gasteiger partial charge in [-0.05, 0) is 67.6 Å². The van der Waals surface area contributed by atoms with Gasteiger partial charge in [0.15, 0.2) is 0 Å². The topological polar surface area (TPSA) is 0 Å². The van der Waals surface area contributed by atoms with E-state index in [2.05, 4.69) is 71.9 Å². The molecule has 0 fully saturated rings. The van der Waals surface area contributed by atoms with Crippen LogP contribution in [0.1, 0.15) is 61.8 Å². The monoisotopic (exact) mass is 330 g/mol. The Kier molecular flexibility index (Phi) is 7.45. The molecule has 2 atom stereocenters. The van der Waals surface area contributed by atoms with Crippen LogP contribution >= 0.6 is 0 Å². The second-order valence-corrected chi connectivity index (χ2v) is 8.01. The number of hydrogen-bond donors (Lipinski definition) is 0. The summed E-state index contributed by atoms with van der Waals surface area (Å²) in [5.74, 6) is 1.04. The van der Waals surface area contributed by atoms with Gasteiger partial charge in [0.2, 0.25) is 0 Å². The van der Waals surface area contributed by atoms with E-state index in [4.69, 9.17) is 0 Å². The zero-order chi connectivity index (χ0) is 18.5. The van der Waals surface area contributed by atoms with E-state index >= 15 is 0 Å². The minimum absolute atomic E-state index is 0.0617. The lowest BCUT2D eigenvalue weighted by atomic mass is 9.62. The number of halogens is 1. The zero-order valence-electron chi connectivity index (χ0n) is 16.8. The van der Waals surface area contributed by atoms with E-state index < -0.39 is 0 Å². The van der Waals surface area contributed by atoms with Gasteiger partial charge in [-0.3, -0.25) is 0 Å². The van der Waals surface area contributed by atoms with Crippen molar-refractivity contribution in [2.45, 2.75) is 61.8 Å². The second-order valence-electron chi connectivity index (χ2n) is 8.01. The minimum atomic E-state index is -0.0631. The van der Waals surface area contributed by atoms with Gasteiger partial charge in [-0.2, -0.15) is 0 Å². The number of hydrogen-bond acceptors (Lipinski definition) is 0. The molecule has 0 aromatic heterocycles. The van der Waals surface area contributed by atoms with Crippen LogP contribution in [0.15, 0.2) is 59.0 Å². The average molecular weight is 331 g/mol. The standard InChI is InChI=1S/C23H35F/c1-9-13-23(8,17(4)5)20-14-18(6)15-21(24)22(20)19(7)12-10-11-16(2)3/h9-13,15-17,20H,14H2,1-8H3/b11-10-,13-9?,19-12+. The van der Waals surface area contributed by atoms with Crippen LogP contribution in [-0.2, 0) is 0 Å². The predicted octanol–water partition coefficient (Wildman–Crippen LogP) is 7.57. The summed E-state index contributed by atoms with van der Waals surface area (Å²) in [5, 5.41) is 0. The van der Waals surface area contributed by atoms with Gasteiger partial charge >= 0.3 is 0 Å². The highest BCUT2D eigenvalue weighted by molar-refractivity contribution is 5.45. The highest BCUT2D eigenvalue weighted by Gasteiger charge is 2.40. The van der Waals surface area contributed by atoms with Crippen molar-refractivity contribution in [2.24, 2.45) is 23.2 Å². The van der Waals surface area contributed by atoms with Gasteiger partial charge < -0.3 is 0 Å². The van der Waals surface area contributed by atoms with Crippen LogP contribution in [0.5, 0.6) is 0 Å². The Bertz CT molecular complexity index is 581. The van der Waals surface area contributed by atoms with Crippen molar-refractivity contribution < 1.29 is 4.39 Å². The van der Waals surface area contributed by atoms with Crippen molar-refractivity contribution in [3.63, 3.8) is 0 Å². The molecule has 1 aliphatic carbocycles. The van der Waals surface area contributed by atoms with Crippen molar-refractivity contribution in [1.29, 1.82) is 0 Å². The smallest absolute Gasteiger partial charge is 0.126 e. The molecule has 0 aromatic carbocycles. The molecule has 1 rings (SSSR count). The van der Waals surface area contributed by atoms with Gasteiger partial charge in [0.05, 0.1) is 0 Å². The van der Waals surface area contributed by atoms with Crippen molar-refractivity contribution in [2.75, 3.05) is 0 Å². The summed E-state index contributed by atoms with van der Waals surface area (Å²) in [6.07, 6.45) is 13.3. The summed E-state index contributed by atoms with van der Waals surface area (Å²) in [6, 6.07) is 0. The Morgan fingerprint density at radius 2 is 1.92 bits per heavy atom. The van der Waals surface area contributed by atoms with Crippen molar-refractivity contribution in [3.05, 3.63) is 59.0 Å². The lowest BCUT2D eigenvalue weighted by molar-refractivity contribution is 0.200. The summed E-state index contributed by atoms with van der Waals surface area (Å²) in [7, 11) is 0. The van der Waals surface area contributed by atoms with Crippen molar-refractivity contribution >= 4 is 0 Å². The lowest BCUT2D eigenvalue weighted by Gasteiger charge is -2.42. The Hall–Kier alpha value is -1.37. The third-order valence-corrected chi connectivity index (χ3v) is 5.29. The first-order valence-corrected chi connectivity index (χ1v) is 9.19. The Balaban J connectivity index is 3.41. The van der Waals surface area contributed by atoms with Crippen LogP contribution in [0.3, 0.4) is 0 Å². The molecule has 1 aliphatic rings. The fourth-order valence-electron chi connectivity index (χ4n) is 3.52. The minimum Gasteiger partial charge on any atom is -0.207 e. The van der Waals surface area contributed by atoms with Crippen LogP contribution in [0, 0.1) is 23.2 Å². The molecular weight excluding hydrogens is 295 g/mol.